The highest BCUT2D eigenvalue weighted by Gasteiger charge is 2.43. The zero-order chi connectivity index (χ0) is 16.0. The SMILES string of the molecule is ONC=C[P+](c1ccccc1)(c1ccccc1)c1ccccc1. The molecule has 3 aromatic carbocycles. The van der Waals surface area contributed by atoms with E-state index in [2.05, 4.69) is 84.1 Å². The van der Waals surface area contributed by atoms with Gasteiger partial charge < -0.3 is 0 Å². The van der Waals surface area contributed by atoms with E-state index < -0.39 is 7.26 Å². The number of rotatable bonds is 5. The van der Waals surface area contributed by atoms with Gasteiger partial charge >= 0.3 is 0 Å². The molecule has 0 unspecified atom stereocenters. The molecule has 2 nitrogen and oxygen atoms in total. The first kappa shape index (κ1) is 15.5. The fourth-order valence-electron chi connectivity index (χ4n) is 2.84. The second kappa shape index (κ2) is 7.23. The van der Waals surface area contributed by atoms with Crippen molar-refractivity contribution in [1.29, 1.82) is 0 Å². The fourth-order valence-corrected chi connectivity index (χ4v) is 6.47. The molecule has 0 atom stereocenters. The second-order valence-corrected chi connectivity index (χ2v) is 8.47. The fraction of sp³-hybridized carbons (Fsp3) is 0. The van der Waals surface area contributed by atoms with Gasteiger partial charge in [-0.3, -0.25) is 10.7 Å². The van der Waals surface area contributed by atoms with Crippen molar-refractivity contribution in [2.45, 2.75) is 0 Å². The molecule has 2 N–H and O–H groups in total. The molecule has 0 radical (unpaired) electrons. The van der Waals surface area contributed by atoms with E-state index in [-0.39, 0.29) is 0 Å². The maximum atomic E-state index is 9.15. The third-order valence-electron chi connectivity index (χ3n) is 3.86. The van der Waals surface area contributed by atoms with E-state index >= 15 is 0 Å². The molecule has 0 bridgehead atoms. The Kier molecular flexibility index (Phi) is 4.87. The highest BCUT2D eigenvalue weighted by Crippen LogP contribution is 2.56. The molecular formula is C20H19NOP+. The normalized spacial score (nSPS) is 11.5. The van der Waals surface area contributed by atoms with Crippen LogP contribution < -0.4 is 21.4 Å². The molecule has 0 amide bonds. The van der Waals surface area contributed by atoms with Crippen LogP contribution >= 0.6 is 7.26 Å². The van der Waals surface area contributed by atoms with Crippen molar-refractivity contribution in [3.8, 4) is 0 Å². The zero-order valence-electron chi connectivity index (χ0n) is 12.7. The second-order valence-electron chi connectivity index (χ2n) is 5.17. The van der Waals surface area contributed by atoms with Gasteiger partial charge in [-0.05, 0) is 36.4 Å². The highest BCUT2D eigenvalue weighted by atomic mass is 31.2. The highest BCUT2D eigenvalue weighted by molar-refractivity contribution is 7.98. The summed E-state index contributed by atoms with van der Waals surface area (Å²) in [4.78, 5) is 0. The Labute approximate surface area is 137 Å². The molecule has 0 aromatic heterocycles. The molecule has 0 spiro atoms. The predicted molar refractivity (Wildman–Crippen MR) is 99.2 cm³/mol. The van der Waals surface area contributed by atoms with Crippen LogP contribution in [0.4, 0.5) is 0 Å². The van der Waals surface area contributed by atoms with Crippen molar-refractivity contribution in [3.63, 3.8) is 0 Å². The number of hydroxylamine groups is 1. The Hall–Kier alpha value is -2.41. The lowest BCUT2D eigenvalue weighted by Gasteiger charge is -2.23. The summed E-state index contributed by atoms with van der Waals surface area (Å²) >= 11 is 0. The van der Waals surface area contributed by atoms with Crippen molar-refractivity contribution < 1.29 is 5.21 Å². The third kappa shape index (κ3) is 3.05. The molecule has 0 saturated carbocycles. The van der Waals surface area contributed by atoms with Crippen LogP contribution in [0.15, 0.2) is 103 Å². The van der Waals surface area contributed by atoms with Crippen molar-refractivity contribution in [2.24, 2.45) is 0 Å². The van der Waals surface area contributed by atoms with Crippen LogP contribution in [-0.4, -0.2) is 5.21 Å². The molecule has 3 aromatic rings. The van der Waals surface area contributed by atoms with Gasteiger partial charge in [-0.1, -0.05) is 54.6 Å². The first-order valence-electron chi connectivity index (χ1n) is 7.51. The van der Waals surface area contributed by atoms with Gasteiger partial charge in [0.05, 0.1) is 12.0 Å². The zero-order valence-corrected chi connectivity index (χ0v) is 13.6. The third-order valence-corrected chi connectivity index (χ3v) is 7.80. The summed E-state index contributed by atoms with van der Waals surface area (Å²) in [5.74, 6) is 2.10. The lowest BCUT2D eigenvalue weighted by atomic mass is 10.4. The molecule has 3 heteroatoms. The van der Waals surface area contributed by atoms with Gasteiger partial charge in [0.15, 0.2) is 0 Å². The van der Waals surface area contributed by atoms with Crippen LogP contribution in [0, 0.1) is 0 Å². The summed E-state index contributed by atoms with van der Waals surface area (Å²) in [6, 6.07) is 31.5. The smallest absolute Gasteiger partial charge is 0.138 e. The van der Waals surface area contributed by atoms with Crippen LogP contribution in [0.1, 0.15) is 0 Å². The largest absolute Gasteiger partial charge is 0.292 e. The quantitative estimate of drug-likeness (QED) is 0.558. The van der Waals surface area contributed by atoms with Gasteiger partial charge in [-0.25, -0.2) is 0 Å². The van der Waals surface area contributed by atoms with Gasteiger partial charge in [0.2, 0.25) is 0 Å². The molecule has 0 saturated heterocycles. The van der Waals surface area contributed by atoms with E-state index in [0.717, 1.165) is 0 Å². The molecule has 23 heavy (non-hydrogen) atoms. The standard InChI is InChI=1S/C20H19NOP/c22-21-16-17-23(18-10-4-1-5-11-18,19-12-6-2-7-13-19)20-14-8-3-9-15-20/h1-17,21-22H/q+1. The summed E-state index contributed by atoms with van der Waals surface area (Å²) in [6.45, 7) is 0. The first-order valence-corrected chi connectivity index (χ1v) is 9.36. The van der Waals surface area contributed by atoms with Crippen LogP contribution in [0.5, 0.6) is 0 Å². The van der Waals surface area contributed by atoms with E-state index in [9.17, 15) is 0 Å². The Morgan fingerprint density at radius 3 is 1.26 bits per heavy atom. The summed E-state index contributed by atoms with van der Waals surface area (Å²) in [5.41, 5.74) is 2.18. The molecule has 114 valence electrons. The van der Waals surface area contributed by atoms with E-state index in [1.165, 1.54) is 15.9 Å². The van der Waals surface area contributed by atoms with Gasteiger partial charge in [0.25, 0.3) is 0 Å². The molecule has 0 aliphatic carbocycles. The maximum absolute atomic E-state index is 9.15. The lowest BCUT2D eigenvalue weighted by Crippen LogP contribution is -2.29. The molecule has 0 heterocycles. The van der Waals surface area contributed by atoms with Crippen LogP contribution in [0.25, 0.3) is 0 Å². The maximum Gasteiger partial charge on any atom is 0.138 e. The van der Waals surface area contributed by atoms with Crippen LogP contribution in [0.2, 0.25) is 0 Å². The Balaban J connectivity index is 2.33. The van der Waals surface area contributed by atoms with E-state index in [1.54, 1.807) is 6.20 Å². The van der Waals surface area contributed by atoms with Crippen LogP contribution in [-0.2, 0) is 0 Å². The van der Waals surface area contributed by atoms with Crippen molar-refractivity contribution in [3.05, 3.63) is 103 Å². The molecule has 3 rings (SSSR count). The Morgan fingerprint density at radius 1 is 0.609 bits per heavy atom. The van der Waals surface area contributed by atoms with E-state index in [0.29, 0.717) is 0 Å². The topological polar surface area (TPSA) is 32.3 Å². The van der Waals surface area contributed by atoms with Gasteiger partial charge in [-0.2, -0.15) is 0 Å². The van der Waals surface area contributed by atoms with Crippen molar-refractivity contribution in [1.82, 2.24) is 5.48 Å². The lowest BCUT2D eigenvalue weighted by molar-refractivity contribution is 0.214. The Morgan fingerprint density at radius 2 is 0.957 bits per heavy atom. The van der Waals surface area contributed by atoms with E-state index in [4.69, 9.17) is 5.21 Å². The van der Waals surface area contributed by atoms with E-state index in [1.807, 2.05) is 18.2 Å². The molecule has 0 aliphatic heterocycles. The summed E-state index contributed by atoms with van der Waals surface area (Å²) in [6.07, 6.45) is 1.63. The average Bonchev–Trinajstić information content (AvgIpc) is 2.65. The van der Waals surface area contributed by atoms with Crippen molar-refractivity contribution in [2.75, 3.05) is 0 Å². The number of hydrogen-bond acceptors (Lipinski definition) is 2. The van der Waals surface area contributed by atoms with Gasteiger partial charge in [0.1, 0.15) is 23.2 Å². The first-order chi connectivity index (χ1) is 11.4. The predicted octanol–water partition coefficient (Wildman–Crippen LogP) is 3.43. The molecule has 0 aliphatic rings. The van der Waals surface area contributed by atoms with Crippen molar-refractivity contribution >= 4 is 23.2 Å². The molecular weight excluding hydrogens is 301 g/mol. The minimum atomic E-state index is -1.97. The molecule has 0 fully saturated rings. The number of hydrogen-bond donors (Lipinski definition) is 2. The Bertz CT molecular complexity index is 661. The number of nitrogens with one attached hydrogen (secondary N) is 1. The summed E-state index contributed by atoms with van der Waals surface area (Å²) < 4.78 is 0. The van der Waals surface area contributed by atoms with Gasteiger partial charge in [-0.15, -0.1) is 0 Å². The van der Waals surface area contributed by atoms with Crippen LogP contribution in [0.3, 0.4) is 0 Å². The minimum Gasteiger partial charge on any atom is -0.292 e. The summed E-state index contributed by atoms with van der Waals surface area (Å²) in [7, 11) is -1.97. The monoisotopic (exact) mass is 320 g/mol. The number of benzene rings is 3. The average molecular weight is 320 g/mol. The summed E-state index contributed by atoms with van der Waals surface area (Å²) in [5, 5.41) is 12.9. The minimum absolute atomic E-state index is 1.25. The van der Waals surface area contributed by atoms with Gasteiger partial charge in [0, 0.05) is 0 Å².